The second-order valence-corrected chi connectivity index (χ2v) is 7.42. The summed E-state index contributed by atoms with van der Waals surface area (Å²) in [6, 6.07) is 9.83. The molecule has 1 aromatic carbocycles. The molecule has 0 radical (unpaired) electrons. The first kappa shape index (κ1) is 18.2. The number of hydrogen-bond donors (Lipinski definition) is 1. The molecule has 138 valence electrons. The van der Waals surface area contributed by atoms with E-state index in [1.807, 2.05) is 35.2 Å². The molecular formula is C20H30N2O3. The molecule has 3 rings (SSSR count). The highest BCUT2D eigenvalue weighted by atomic mass is 16.6. The third-order valence-corrected chi connectivity index (χ3v) is 5.46. The predicted molar refractivity (Wildman–Crippen MR) is 97.2 cm³/mol. The number of aliphatic hydroxyl groups excluding tert-OH is 1. The summed E-state index contributed by atoms with van der Waals surface area (Å²) in [4.78, 5) is 16.7. The van der Waals surface area contributed by atoms with Gasteiger partial charge in [-0.1, -0.05) is 30.3 Å². The Morgan fingerprint density at radius 2 is 1.84 bits per heavy atom. The summed E-state index contributed by atoms with van der Waals surface area (Å²) < 4.78 is 5.48. The van der Waals surface area contributed by atoms with Crippen molar-refractivity contribution in [2.24, 2.45) is 11.8 Å². The van der Waals surface area contributed by atoms with Crippen molar-refractivity contribution in [1.29, 1.82) is 0 Å². The first-order valence-corrected chi connectivity index (χ1v) is 9.53. The number of carbonyl (C=O) groups excluding carboxylic acids is 1. The zero-order chi connectivity index (χ0) is 17.5. The van der Waals surface area contributed by atoms with Gasteiger partial charge in [-0.15, -0.1) is 0 Å². The number of hydrogen-bond acceptors (Lipinski definition) is 4. The molecule has 1 aromatic rings. The molecule has 2 saturated heterocycles. The molecule has 25 heavy (non-hydrogen) atoms. The van der Waals surface area contributed by atoms with Crippen molar-refractivity contribution in [3.63, 3.8) is 0 Å². The number of piperidine rings is 2. The smallest absolute Gasteiger partial charge is 0.410 e. The largest absolute Gasteiger partial charge is 0.445 e. The zero-order valence-electron chi connectivity index (χ0n) is 15.0. The van der Waals surface area contributed by atoms with E-state index < -0.39 is 0 Å². The number of carbonyl (C=O) groups is 1. The van der Waals surface area contributed by atoms with Crippen LogP contribution in [0.1, 0.15) is 31.2 Å². The minimum atomic E-state index is -0.187. The summed E-state index contributed by atoms with van der Waals surface area (Å²) in [5.41, 5.74) is 1.02. The Labute approximate surface area is 150 Å². The predicted octanol–water partition coefficient (Wildman–Crippen LogP) is 2.74. The van der Waals surface area contributed by atoms with Gasteiger partial charge in [-0.25, -0.2) is 4.79 Å². The van der Waals surface area contributed by atoms with Gasteiger partial charge < -0.3 is 19.6 Å². The standard InChI is InChI=1S/C20H30N2O3/c23-15-17-8-11-21(12-9-17)13-19-7-4-10-22(14-19)20(24)25-16-18-5-2-1-3-6-18/h1-3,5-6,17,19,23H,4,7-16H2. The Bertz CT molecular complexity index is 529. The second-order valence-electron chi connectivity index (χ2n) is 7.42. The van der Waals surface area contributed by atoms with Crippen molar-refractivity contribution < 1.29 is 14.6 Å². The van der Waals surface area contributed by atoms with Gasteiger partial charge in [0.05, 0.1) is 0 Å². The van der Waals surface area contributed by atoms with Crippen LogP contribution in [0.2, 0.25) is 0 Å². The van der Waals surface area contributed by atoms with Crippen molar-refractivity contribution in [2.75, 3.05) is 39.3 Å². The Hall–Kier alpha value is -1.59. The van der Waals surface area contributed by atoms with Crippen LogP contribution in [0, 0.1) is 11.8 Å². The van der Waals surface area contributed by atoms with Crippen LogP contribution in [0.15, 0.2) is 30.3 Å². The van der Waals surface area contributed by atoms with Gasteiger partial charge in [-0.3, -0.25) is 0 Å². The van der Waals surface area contributed by atoms with Crippen molar-refractivity contribution in [2.45, 2.75) is 32.3 Å². The fourth-order valence-electron chi connectivity index (χ4n) is 3.91. The average molecular weight is 346 g/mol. The number of aliphatic hydroxyl groups is 1. The van der Waals surface area contributed by atoms with Crippen molar-refractivity contribution >= 4 is 6.09 Å². The van der Waals surface area contributed by atoms with E-state index in [0.29, 0.717) is 25.0 Å². The van der Waals surface area contributed by atoms with E-state index in [2.05, 4.69) is 4.90 Å². The van der Waals surface area contributed by atoms with Crippen LogP contribution in [-0.2, 0) is 11.3 Å². The minimum absolute atomic E-state index is 0.187. The van der Waals surface area contributed by atoms with E-state index in [4.69, 9.17) is 4.74 Å². The van der Waals surface area contributed by atoms with Gasteiger partial charge in [0.1, 0.15) is 6.61 Å². The quantitative estimate of drug-likeness (QED) is 0.891. The summed E-state index contributed by atoms with van der Waals surface area (Å²) in [5, 5.41) is 9.25. The zero-order valence-corrected chi connectivity index (χ0v) is 15.0. The van der Waals surface area contributed by atoms with Gasteiger partial charge in [0, 0.05) is 26.2 Å². The maximum Gasteiger partial charge on any atom is 0.410 e. The normalized spacial score (nSPS) is 22.8. The molecule has 0 aromatic heterocycles. The van der Waals surface area contributed by atoms with Crippen molar-refractivity contribution in [3.05, 3.63) is 35.9 Å². The highest BCUT2D eigenvalue weighted by Gasteiger charge is 2.27. The molecule has 1 unspecified atom stereocenters. The van der Waals surface area contributed by atoms with Crippen LogP contribution in [0.25, 0.3) is 0 Å². The minimum Gasteiger partial charge on any atom is -0.445 e. The Balaban J connectivity index is 1.42. The monoisotopic (exact) mass is 346 g/mol. The molecule has 0 aliphatic carbocycles. The van der Waals surface area contributed by atoms with Gasteiger partial charge in [-0.05, 0) is 56.2 Å². The summed E-state index contributed by atoms with van der Waals surface area (Å²) >= 11 is 0. The lowest BCUT2D eigenvalue weighted by atomic mass is 9.94. The van der Waals surface area contributed by atoms with Crippen LogP contribution < -0.4 is 0 Å². The average Bonchev–Trinajstić information content (AvgIpc) is 2.68. The number of nitrogens with zero attached hydrogens (tertiary/aromatic N) is 2. The van der Waals surface area contributed by atoms with E-state index in [1.54, 1.807) is 0 Å². The van der Waals surface area contributed by atoms with E-state index in [0.717, 1.165) is 57.5 Å². The Morgan fingerprint density at radius 3 is 2.56 bits per heavy atom. The number of likely N-dealkylation sites (tertiary alicyclic amines) is 2. The molecule has 2 heterocycles. The molecule has 1 N–H and O–H groups in total. The fraction of sp³-hybridized carbons (Fsp3) is 0.650. The maximum absolute atomic E-state index is 12.4. The van der Waals surface area contributed by atoms with Gasteiger partial charge in [0.15, 0.2) is 0 Å². The van der Waals surface area contributed by atoms with Gasteiger partial charge >= 0.3 is 6.09 Å². The second kappa shape index (κ2) is 9.20. The van der Waals surface area contributed by atoms with Crippen molar-refractivity contribution in [1.82, 2.24) is 9.80 Å². The Morgan fingerprint density at radius 1 is 1.08 bits per heavy atom. The molecular weight excluding hydrogens is 316 g/mol. The lowest BCUT2D eigenvalue weighted by Gasteiger charge is -2.37. The fourth-order valence-corrected chi connectivity index (χ4v) is 3.91. The molecule has 1 amide bonds. The topological polar surface area (TPSA) is 53.0 Å². The Kier molecular flexibility index (Phi) is 6.70. The highest BCUT2D eigenvalue weighted by molar-refractivity contribution is 5.67. The molecule has 0 saturated carbocycles. The van der Waals surface area contributed by atoms with Crippen LogP contribution >= 0.6 is 0 Å². The van der Waals surface area contributed by atoms with Crippen LogP contribution in [0.3, 0.4) is 0 Å². The molecule has 2 fully saturated rings. The first-order valence-electron chi connectivity index (χ1n) is 9.53. The van der Waals surface area contributed by atoms with Crippen LogP contribution in [0.5, 0.6) is 0 Å². The summed E-state index contributed by atoms with van der Waals surface area (Å²) in [6.45, 7) is 5.46. The molecule has 5 heteroatoms. The SMILES string of the molecule is O=C(OCc1ccccc1)N1CCCC(CN2CCC(CO)CC2)C1. The molecule has 0 bridgehead atoms. The van der Waals surface area contributed by atoms with E-state index in [9.17, 15) is 9.90 Å². The summed E-state index contributed by atoms with van der Waals surface area (Å²) in [5.74, 6) is 1.01. The maximum atomic E-state index is 12.4. The number of amides is 1. The van der Waals surface area contributed by atoms with Gasteiger partial charge in [0.25, 0.3) is 0 Å². The third-order valence-electron chi connectivity index (χ3n) is 5.46. The van der Waals surface area contributed by atoms with Gasteiger partial charge in [-0.2, -0.15) is 0 Å². The molecule has 5 nitrogen and oxygen atoms in total. The van der Waals surface area contributed by atoms with Gasteiger partial charge in [0.2, 0.25) is 0 Å². The molecule has 2 aliphatic rings. The molecule has 0 spiro atoms. The lowest BCUT2D eigenvalue weighted by Crippen LogP contribution is -2.45. The van der Waals surface area contributed by atoms with Crippen molar-refractivity contribution in [3.8, 4) is 0 Å². The van der Waals surface area contributed by atoms with E-state index in [1.165, 1.54) is 6.42 Å². The first-order chi connectivity index (χ1) is 12.2. The molecule has 1 atom stereocenters. The number of benzene rings is 1. The van der Waals surface area contributed by atoms with Crippen LogP contribution in [0.4, 0.5) is 4.79 Å². The lowest BCUT2D eigenvalue weighted by molar-refractivity contribution is 0.0650. The van der Waals surface area contributed by atoms with Crippen LogP contribution in [-0.4, -0.2) is 60.3 Å². The van der Waals surface area contributed by atoms with E-state index >= 15 is 0 Å². The number of ether oxygens (including phenoxy) is 1. The summed E-state index contributed by atoms with van der Waals surface area (Å²) in [6.07, 6.45) is 4.23. The van der Waals surface area contributed by atoms with E-state index in [-0.39, 0.29) is 6.09 Å². The number of rotatable bonds is 5. The third kappa shape index (κ3) is 5.44. The highest BCUT2D eigenvalue weighted by Crippen LogP contribution is 2.22. The molecule has 2 aliphatic heterocycles. The summed E-state index contributed by atoms with van der Waals surface area (Å²) in [7, 11) is 0.